The molecule has 17 heavy (non-hydrogen) atoms. The highest BCUT2D eigenvalue weighted by molar-refractivity contribution is 7.99. The van der Waals surface area contributed by atoms with Crippen LogP contribution in [0, 0.1) is 0 Å². The number of thioether (sulfide) groups is 1. The van der Waals surface area contributed by atoms with Crippen LogP contribution in [0.4, 0.5) is 4.79 Å². The van der Waals surface area contributed by atoms with Crippen molar-refractivity contribution in [3.8, 4) is 0 Å². The van der Waals surface area contributed by atoms with E-state index in [-0.39, 0.29) is 6.03 Å². The van der Waals surface area contributed by atoms with Crippen LogP contribution >= 0.6 is 11.8 Å². The molecule has 2 fully saturated rings. The van der Waals surface area contributed by atoms with Gasteiger partial charge in [-0.25, -0.2) is 9.59 Å². The number of carboxylic acids is 1. The zero-order valence-electron chi connectivity index (χ0n) is 9.96. The molecular formula is C11H18N2O3S. The first kappa shape index (κ1) is 12.5. The maximum absolute atomic E-state index is 12.3. The average molecular weight is 258 g/mol. The van der Waals surface area contributed by atoms with Crippen LogP contribution in [0.1, 0.15) is 26.2 Å². The lowest BCUT2D eigenvalue weighted by Gasteiger charge is -2.29. The summed E-state index contributed by atoms with van der Waals surface area (Å²) in [4.78, 5) is 26.7. The fourth-order valence-electron chi connectivity index (χ4n) is 2.06. The molecule has 1 saturated carbocycles. The molecule has 0 aromatic carbocycles. The van der Waals surface area contributed by atoms with Crippen LogP contribution in [0.25, 0.3) is 0 Å². The second-order valence-corrected chi connectivity index (χ2v) is 5.53. The molecule has 1 saturated heterocycles. The van der Waals surface area contributed by atoms with Gasteiger partial charge in [0.1, 0.15) is 6.04 Å². The van der Waals surface area contributed by atoms with Gasteiger partial charge in [-0.1, -0.05) is 6.92 Å². The van der Waals surface area contributed by atoms with Crippen molar-refractivity contribution in [2.75, 3.05) is 18.2 Å². The molecule has 2 amide bonds. The molecule has 0 aromatic rings. The van der Waals surface area contributed by atoms with Crippen molar-refractivity contribution in [1.82, 2.24) is 9.80 Å². The highest BCUT2D eigenvalue weighted by atomic mass is 32.2. The second kappa shape index (κ2) is 5.16. The SMILES string of the molecule is CCCN(C(=O)N1CSC[C@H]1C(=O)O)C1CC1. The van der Waals surface area contributed by atoms with E-state index >= 15 is 0 Å². The molecule has 2 aliphatic rings. The average Bonchev–Trinajstić information content (AvgIpc) is 3.00. The molecule has 2 rings (SSSR count). The molecular weight excluding hydrogens is 240 g/mol. The molecule has 0 radical (unpaired) electrons. The molecule has 1 aliphatic carbocycles. The van der Waals surface area contributed by atoms with Gasteiger partial charge in [0.2, 0.25) is 0 Å². The largest absolute Gasteiger partial charge is 0.480 e. The molecule has 0 bridgehead atoms. The zero-order valence-corrected chi connectivity index (χ0v) is 10.8. The second-order valence-electron chi connectivity index (χ2n) is 4.53. The lowest BCUT2D eigenvalue weighted by atomic mass is 10.3. The number of carboxylic acid groups (broad SMARTS) is 1. The van der Waals surface area contributed by atoms with Crippen molar-refractivity contribution in [3.05, 3.63) is 0 Å². The number of hydrogen-bond acceptors (Lipinski definition) is 3. The minimum atomic E-state index is -0.893. The molecule has 1 N–H and O–H groups in total. The van der Waals surface area contributed by atoms with Crippen LogP contribution in [-0.2, 0) is 4.79 Å². The Balaban J connectivity index is 2.03. The van der Waals surface area contributed by atoms with Crippen molar-refractivity contribution in [2.24, 2.45) is 0 Å². The normalized spacial score (nSPS) is 23.8. The Morgan fingerprint density at radius 1 is 1.47 bits per heavy atom. The van der Waals surface area contributed by atoms with E-state index < -0.39 is 12.0 Å². The van der Waals surface area contributed by atoms with Crippen LogP contribution in [-0.4, -0.2) is 57.2 Å². The van der Waals surface area contributed by atoms with Gasteiger partial charge in [-0.05, 0) is 19.3 Å². The van der Waals surface area contributed by atoms with E-state index in [0.29, 0.717) is 17.7 Å². The number of amides is 2. The van der Waals surface area contributed by atoms with Gasteiger partial charge in [-0.3, -0.25) is 0 Å². The first-order valence-electron chi connectivity index (χ1n) is 6.03. The Bertz CT molecular complexity index is 320. The van der Waals surface area contributed by atoms with Crippen molar-refractivity contribution >= 4 is 23.8 Å². The third-order valence-corrected chi connectivity index (χ3v) is 4.12. The summed E-state index contributed by atoms with van der Waals surface area (Å²) in [7, 11) is 0. The Labute approximate surface area is 105 Å². The maximum atomic E-state index is 12.3. The third-order valence-electron chi connectivity index (χ3n) is 3.11. The summed E-state index contributed by atoms with van der Waals surface area (Å²) in [5, 5.41) is 9.07. The number of rotatable bonds is 4. The van der Waals surface area contributed by atoms with Gasteiger partial charge >= 0.3 is 12.0 Å². The van der Waals surface area contributed by atoms with Crippen molar-refractivity contribution < 1.29 is 14.7 Å². The molecule has 1 atom stereocenters. The first-order valence-corrected chi connectivity index (χ1v) is 7.18. The minimum Gasteiger partial charge on any atom is -0.480 e. The number of carbonyl (C=O) groups excluding carboxylic acids is 1. The fraction of sp³-hybridized carbons (Fsp3) is 0.818. The van der Waals surface area contributed by atoms with E-state index in [0.717, 1.165) is 25.8 Å². The van der Waals surface area contributed by atoms with Crippen LogP contribution in [0.5, 0.6) is 0 Å². The highest BCUT2D eigenvalue weighted by Crippen LogP contribution is 2.30. The lowest BCUT2D eigenvalue weighted by Crippen LogP contribution is -2.49. The summed E-state index contributed by atoms with van der Waals surface area (Å²) in [6.45, 7) is 2.77. The van der Waals surface area contributed by atoms with Crippen molar-refractivity contribution in [1.29, 1.82) is 0 Å². The van der Waals surface area contributed by atoms with Crippen LogP contribution < -0.4 is 0 Å². The first-order chi connectivity index (χ1) is 8.15. The topological polar surface area (TPSA) is 60.9 Å². The van der Waals surface area contributed by atoms with Crippen molar-refractivity contribution in [3.63, 3.8) is 0 Å². The van der Waals surface area contributed by atoms with E-state index in [2.05, 4.69) is 0 Å². The van der Waals surface area contributed by atoms with E-state index in [1.807, 2.05) is 11.8 Å². The maximum Gasteiger partial charge on any atom is 0.327 e. The van der Waals surface area contributed by atoms with Gasteiger partial charge < -0.3 is 14.9 Å². The van der Waals surface area contributed by atoms with Gasteiger partial charge in [0.25, 0.3) is 0 Å². The van der Waals surface area contributed by atoms with E-state index in [4.69, 9.17) is 5.11 Å². The fourth-order valence-corrected chi connectivity index (χ4v) is 3.20. The predicted molar refractivity (Wildman–Crippen MR) is 66.0 cm³/mol. The van der Waals surface area contributed by atoms with Gasteiger partial charge in [-0.2, -0.15) is 0 Å². The number of nitrogens with zero attached hydrogens (tertiary/aromatic N) is 2. The predicted octanol–water partition coefficient (Wildman–Crippen LogP) is 1.44. The Morgan fingerprint density at radius 2 is 2.18 bits per heavy atom. The molecule has 0 spiro atoms. The standard InChI is InChI=1S/C11H18N2O3S/c1-2-5-12(8-3-4-8)11(16)13-7-17-6-9(13)10(14)15/h8-9H,2-7H2,1H3,(H,14,15)/t9-/m0/s1. The molecule has 96 valence electrons. The zero-order chi connectivity index (χ0) is 12.4. The van der Waals surface area contributed by atoms with Crippen molar-refractivity contribution in [2.45, 2.75) is 38.3 Å². The third kappa shape index (κ3) is 2.68. The summed E-state index contributed by atoms with van der Waals surface area (Å²) in [6, 6.07) is -0.389. The molecule has 6 heteroatoms. The van der Waals surface area contributed by atoms with Crippen LogP contribution in [0.2, 0.25) is 0 Å². The Hall–Kier alpha value is -0.910. The van der Waals surface area contributed by atoms with E-state index in [1.54, 1.807) is 0 Å². The number of hydrogen-bond donors (Lipinski definition) is 1. The summed E-state index contributed by atoms with van der Waals surface area (Å²) in [5.41, 5.74) is 0. The quantitative estimate of drug-likeness (QED) is 0.829. The Morgan fingerprint density at radius 3 is 2.71 bits per heavy atom. The summed E-state index contributed by atoms with van der Waals surface area (Å²) in [6.07, 6.45) is 3.04. The van der Waals surface area contributed by atoms with Gasteiger partial charge in [-0.15, -0.1) is 11.8 Å². The van der Waals surface area contributed by atoms with Gasteiger partial charge in [0.05, 0.1) is 5.88 Å². The Kier molecular flexibility index (Phi) is 3.81. The minimum absolute atomic E-state index is 0.0910. The summed E-state index contributed by atoms with van der Waals surface area (Å²) in [5.74, 6) is 0.115. The summed E-state index contributed by atoms with van der Waals surface area (Å²) < 4.78 is 0. The number of urea groups is 1. The van der Waals surface area contributed by atoms with Gasteiger partial charge in [0, 0.05) is 18.3 Å². The highest BCUT2D eigenvalue weighted by Gasteiger charge is 2.40. The molecule has 5 nitrogen and oxygen atoms in total. The van der Waals surface area contributed by atoms with Crippen LogP contribution in [0.3, 0.4) is 0 Å². The molecule has 0 unspecified atom stereocenters. The smallest absolute Gasteiger partial charge is 0.327 e. The van der Waals surface area contributed by atoms with Gasteiger partial charge in [0.15, 0.2) is 0 Å². The summed E-state index contributed by atoms with van der Waals surface area (Å²) >= 11 is 1.51. The van der Waals surface area contributed by atoms with E-state index in [9.17, 15) is 9.59 Å². The van der Waals surface area contributed by atoms with E-state index in [1.165, 1.54) is 16.7 Å². The number of carbonyl (C=O) groups is 2. The molecule has 0 aromatic heterocycles. The molecule has 1 heterocycles. The van der Waals surface area contributed by atoms with Crippen LogP contribution in [0.15, 0.2) is 0 Å². The lowest BCUT2D eigenvalue weighted by molar-refractivity contribution is -0.140. The number of aliphatic carboxylic acids is 1. The monoisotopic (exact) mass is 258 g/mol. The molecule has 1 aliphatic heterocycles.